The normalized spacial score (nSPS) is 11.4. The van der Waals surface area contributed by atoms with Gasteiger partial charge in [-0.05, 0) is 58.3 Å². The summed E-state index contributed by atoms with van der Waals surface area (Å²) in [5.74, 6) is -4.04. The molecule has 22 heteroatoms. The molecule has 1 heterocycles. The highest BCUT2D eigenvalue weighted by Crippen LogP contribution is 2.09. The molecule has 324 valence electrons. The Balaban J connectivity index is 2.26. The van der Waals surface area contributed by atoms with Crippen LogP contribution in [0.2, 0.25) is 0 Å². The molecule has 0 aliphatic carbocycles. The minimum atomic E-state index is -1.08. The Kier molecular flexibility index (Phi) is 25.7. The fourth-order valence-corrected chi connectivity index (χ4v) is 4.93. The third-order valence-corrected chi connectivity index (χ3v) is 8.32. The van der Waals surface area contributed by atoms with E-state index in [-0.39, 0.29) is 64.6 Å². The maximum absolute atomic E-state index is 12.6. The predicted octanol–water partition coefficient (Wildman–Crippen LogP) is 1.25. The minimum Gasteiger partial charge on any atom is -0.356 e. The second-order valence-electron chi connectivity index (χ2n) is 13.2. The number of carbonyl (C=O) groups is 8. The van der Waals surface area contributed by atoms with Crippen molar-refractivity contribution in [3.8, 4) is 0 Å². The number of hydrogen-bond donors (Lipinski definition) is 8. The monoisotopic (exact) mass is 821 g/mol. The zero-order valence-electron chi connectivity index (χ0n) is 33.5. The highest BCUT2D eigenvalue weighted by atomic mass is 16.5. The third-order valence-electron chi connectivity index (χ3n) is 8.32. The van der Waals surface area contributed by atoms with Crippen LogP contribution in [0.4, 0.5) is 4.79 Å². The van der Waals surface area contributed by atoms with Gasteiger partial charge in [-0.25, -0.2) is 25.4 Å². The van der Waals surface area contributed by atoms with E-state index in [0.29, 0.717) is 84.5 Å². The maximum Gasteiger partial charge on any atom is 0.341 e. The van der Waals surface area contributed by atoms with Gasteiger partial charge in [-0.1, -0.05) is 13.3 Å². The van der Waals surface area contributed by atoms with E-state index in [1.165, 1.54) is 25.5 Å². The number of nitrogens with one attached hydrogen (secondary N) is 5. The van der Waals surface area contributed by atoms with Crippen molar-refractivity contribution in [2.45, 2.75) is 123 Å². The van der Waals surface area contributed by atoms with Gasteiger partial charge in [0.05, 0.1) is 11.9 Å². The zero-order valence-corrected chi connectivity index (χ0v) is 33.5. The lowest BCUT2D eigenvalue weighted by Gasteiger charge is -2.27. The van der Waals surface area contributed by atoms with Gasteiger partial charge >= 0.3 is 6.03 Å². The summed E-state index contributed by atoms with van der Waals surface area (Å²) in [4.78, 5) is 105. The fourth-order valence-electron chi connectivity index (χ4n) is 4.93. The van der Waals surface area contributed by atoms with Crippen LogP contribution in [0.1, 0.15) is 123 Å². The lowest BCUT2D eigenvalue weighted by Crippen LogP contribution is -2.49. The van der Waals surface area contributed by atoms with Gasteiger partial charge in [-0.15, -0.1) is 0 Å². The smallest absolute Gasteiger partial charge is 0.341 e. The Hall–Kier alpha value is -5.61. The summed E-state index contributed by atoms with van der Waals surface area (Å²) in [5, 5.41) is 45.2. The van der Waals surface area contributed by atoms with Crippen molar-refractivity contribution in [1.82, 2.24) is 51.9 Å². The topological polar surface area (TPSA) is 305 Å². The van der Waals surface area contributed by atoms with E-state index < -0.39 is 53.5 Å². The number of hydrazone groups is 1. The molecule has 0 saturated heterocycles. The number of amides is 9. The lowest BCUT2D eigenvalue weighted by molar-refractivity contribution is -0.181. The summed E-state index contributed by atoms with van der Waals surface area (Å²) in [6, 6.07) is -0.867. The molecule has 0 aromatic carbocycles. The highest BCUT2D eigenvalue weighted by Gasteiger charge is 2.25. The van der Waals surface area contributed by atoms with Crippen LogP contribution < -0.4 is 26.7 Å². The van der Waals surface area contributed by atoms with Gasteiger partial charge in [-0.2, -0.15) is 5.10 Å². The molecular formula is C36H59N11O11. The Bertz CT molecular complexity index is 1520. The van der Waals surface area contributed by atoms with Crippen molar-refractivity contribution >= 4 is 53.1 Å². The summed E-state index contributed by atoms with van der Waals surface area (Å²) >= 11 is 0. The van der Waals surface area contributed by atoms with E-state index in [4.69, 9.17) is 0 Å². The molecule has 1 atom stereocenters. The Labute approximate surface area is 337 Å². The molecule has 0 saturated carbocycles. The van der Waals surface area contributed by atoms with Gasteiger partial charge in [0.1, 0.15) is 11.9 Å². The van der Waals surface area contributed by atoms with E-state index >= 15 is 0 Å². The maximum atomic E-state index is 12.6. The summed E-state index contributed by atoms with van der Waals surface area (Å²) < 4.78 is 0. The number of rotatable bonds is 28. The predicted molar refractivity (Wildman–Crippen MR) is 205 cm³/mol. The number of carbonyl (C=O) groups excluding carboxylic acids is 8. The molecule has 9 amide bonds. The summed E-state index contributed by atoms with van der Waals surface area (Å²) in [5.41, 5.74) is 2.98. The van der Waals surface area contributed by atoms with Crippen LogP contribution in [0, 0.1) is 0 Å². The van der Waals surface area contributed by atoms with Gasteiger partial charge in [0.25, 0.3) is 0 Å². The summed E-state index contributed by atoms with van der Waals surface area (Å²) in [7, 11) is 0. The Morgan fingerprint density at radius 2 is 1.26 bits per heavy atom. The number of nitrogens with zero attached hydrogens (tertiary/aromatic N) is 6. The number of aromatic nitrogens is 2. The molecular weight excluding hydrogens is 762 g/mol. The number of unbranched alkanes of at least 4 members (excludes halogenated alkanes) is 5. The molecule has 0 spiro atoms. The molecule has 1 rings (SSSR count). The van der Waals surface area contributed by atoms with Crippen LogP contribution in [0.5, 0.6) is 0 Å². The van der Waals surface area contributed by atoms with E-state index in [2.05, 4.69) is 41.8 Å². The lowest BCUT2D eigenvalue weighted by atomic mass is 10.1. The zero-order chi connectivity index (χ0) is 43.3. The molecule has 1 aromatic heterocycles. The van der Waals surface area contributed by atoms with E-state index in [1.54, 1.807) is 6.92 Å². The van der Waals surface area contributed by atoms with Gasteiger partial charge in [0.2, 0.25) is 41.4 Å². The van der Waals surface area contributed by atoms with Crippen molar-refractivity contribution < 1.29 is 54.0 Å². The number of imide groups is 1. The SMILES string of the molecule is CCCCC(NC(=O)CCC(=O)N(O)CCCCCNC(=O)CCC(=O)NC(=O)N/N=C(/C)c1cnccn1)N(O)C(=O)CCC(=O)NCCCCCN(O)C(C)=O. The van der Waals surface area contributed by atoms with Crippen LogP contribution in [0.3, 0.4) is 0 Å². The van der Waals surface area contributed by atoms with Crippen molar-refractivity contribution in [3.63, 3.8) is 0 Å². The largest absolute Gasteiger partial charge is 0.356 e. The van der Waals surface area contributed by atoms with Gasteiger partial charge < -0.3 is 16.0 Å². The summed E-state index contributed by atoms with van der Waals surface area (Å²) in [6.07, 6.45) is 6.52. The second kappa shape index (κ2) is 29.6. The molecule has 0 aliphatic rings. The minimum absolute atomic E-state index is 0.0197. The average molecular weight is 822 g/mol. The van der Waals surface area contributed by atoms with Gasteiger partial charge in [0, 0.05) is 84.0 Å². The van der Waals surface area contributed by atoms with E-state index in [9.17, 15) is 54.0 Å². The molecule has 58 heavy (non-hydrogen) atoms. The second-order valence-corrected chi connectivity index (χ2v) is 13.2. The first-order chi connectivity index (χ1) is 27.6. The van der Waals surface area contributed by atoms with E-state index in [0.717, 1.165) is 0 Å². The number of hydrogen-bond acceptors (Lipinski definition) is 14. The van der Waals surface area contributed by atoms with Gasteiger partial charge in [0.15, 0.2) is 0 Å². The number of hydroxylamine groups is 6. The molecule has 8 N–H and O–H groups in total. The molecule has 22 nitrogen and oxygen atoms in total. The van der Waals surface area contributed by atoms with Crippen molar-refractivity contribution in [2.24, 2.45) is 5.10 Å². The van der Waals surface area contributed by atoms with Crippen molar-refractivity contribution in [2.75, 3.05) is 26.2 Å². The third kappa shape index (κ3) is 23.5. The fraction of sp³-hybridized carbons (Fsp3) is 0.639. The molecule has 0 bridgehead atoms. The van der Waals surface area contributed by atoms with Gasteiger partial charge in [-0.3, -0.25) is 64.5 Å². The van der Waals surface area contributed by atoms with Crippen molar-refractivity contribution in [1.29, 1.82) is 0 Å². The van der Waals surface area contributed by atoms with Crippen LogP contribution in [0.25, 0.3) is 0 Å². The quantitative estimate of drug-likeness (QED) is 0.0194. The Morgan fingerprint density at radius 3 is 1.84 bits per heavy atom. The molecule has 0 radical (unpaired) electrons. The molecule has 1 aromatic rings. The average Bonchev–Trinajstić information content (AvgIpc) is 3.20. The molecule has 0 aliphatic heterocycles. The molecule has 0 fully saturated rings. The van der Waals surface area contributed by atoms with Crippen LogP contribution >= 0.6 is 0 Å². The van der Waals surface area contributed by atoms with E-state index in [1.807, 2.05) is 6.92 Å². The first kappa shape index (κ1) is 50.4. The number of urea groups is 1. The first-order valence-corrected chi connectivity index (χ1v) is 19.3. The van der Waals surface area contributed by atoms with Crippen LogP contribution in [-0.2, 0) is 33.6 Å². The highest BCUT2D eigenvalue weighted by molar-refractivity contribution is 5.99. The Morgan fingerprint density at radius 1 is 0.690 bits per heavy atom. The molecule has 1 unspecified atom stereocenters. The van der Waals surface area contributed by atoms with Crippen LogP contribution in [0.15, 0.2) is 23.7 Å². The van der Waals surface area contributed by atoms with Crippen molar-refractivity contribution in [3.05, 3.63) is 24.3 Å². The standard InChI is InChI=1S/C36H59N11O11/c1-4-5-12-29(47(58)35(54)18-15-31(50)40-20-8-6-10-23-45(56)27(3)48)41-32(51)16-17-34(53)46(57)24-11-7-9-19-39-30(49)13-14-33(52)42-36(55)44-43-26(2)28-25-37-21-22-38-28/h21-22,25,29,56-58H,4-20,23-24H2,1-3H3,(H,39,49)(H,40,50)(H,41,51)(H2,42,44,52,55)/b43-26-. The van der Waals surface area contributed by atoms with Crippen LogP contribution in [-0.4, -0.2) is 126 Å². The summed E-state index contributed by atoms with van der Waals surface area (Å²) in [6.45, 7) is 5.52. The first-order valence-electron chi connectivity index (χ1n) is 19.3.